The van der Waals surface area contributed by atoms with Gasteiger partial charge in [-0.3, -0.25) is 4.79 Å². The number of nitrogens with zero attached hydrogens (tertiary/aromatic N) is 1. The van der Waals surface area contributed by atoms with E-state index in [-0.39, 0.29) is 18.1 Å². The topological polar surface area (TPSA) is 88.5 Å². The van der Waals surface area contributed by atoms with E-state index < -0.39 is 5.97 Å². The molecule has 0 spiro atoms. The lowest BCUT2D eigenvalue weighted by atomic mass is 10.1. The van der Waals surface area contributed by atoms with E-state index in [4.69, 9.17) is 9.84 Å². The van der Waals surface area contributed by atoms with Gasteiger partial charge in [-0.2, -0.15) is 0 Å². The average molecular weight is 306 g/mol. The average Bonchev–Trinajstić information content (AvgIpc) is 2.94. The third kappa shape index (κ3) is 3.57. The number of ether oxygens (including phenoxy) is 1. The zero-order valence-corrected chi connectivity index (χ0v) is 12.4. The second kappa shape index (κ2) is 6.36. The van der Waals surface area contributed by atoms with Gasteiger partial charge >= 0.3 is 5.97 Å². The molecule has 6 nitrogen and oxygen atoms in total. The van der Waals surface area contributed by atoms with Crippen LogP contribution in [0.4, 0.5) is 0 Å². The standard InChI is InChI=1S/C14H14N2O4S/c1-8-3-4-9(5-11(8)20-2)13(17)15-6-12-16-10(7-21-12)14(18)19/h3-5,7H,6H2,1-2H3,(H,15,17)(H,18,19). The number of aryl methyl sites for hydroxylation is 1. The smallest absolute Gasteiger partial charge is 0.355 e. The highest BCUT2D eigenvalue weighted by Crippen LogP contribution is 2.19. The molecule has 0 radical (unpaired) electrons. The number of carbonyl (C=O) groups excluding carboxylic acids is 1. The van der Waals surface area contributed by atoms with Gasteiger partial charge < -0.3 is 15.2 Å². The summed E-state index contributed by atoms with van der Waals surface area (Å²) in [5, 5.41) is 13.5. The molecule has 21 heavy (non-hydrogen) atoms. The summed E-state index contributed by atoms with van der Waals surface area (Å²) in [5.41, 5.74) is 1.41. The van der Waals surface area contributed by atoms with Crippen molar-refractivity contribution in [1.29, 1.82) is 0 Å². The fourth-order valence-corrected chi connectivity index (χ4v) is 2.42. The van der Waals surface area contributed by atoms with Gasteiger partial charge in [-0.05, 0) is 24.6 Å². The molecule has 1 amide bonds. The minimum atomic E-state index is -1.08. The molecule has 0 fully saturated rings. The molecule has 2 rings (SSSR count). The zero-order valence-electron chi connectivity index (χ0n) is 11.5. The number of aromatic nitrogens is 1. The minimum absolute atomic E-state index is 0.0127. The molecule has 0 saturated carbocycles. The fraction of sp³-hybridized carbons (Fsp3) is 0.214. The van der Waals surface area contributed by atoms with Crippen molar-refractivity contribution in [2.24, 2.45) is 0 Å². The molecule has 0 aliphatic rings. The van der Waals surface area contributed by atoms with Crippen molar-refractivity contribution in [2.75, 3.05) is 7.11 Å². The van der Waals surface area contributed by atoms with Gasteiger partial charge in [-0.15, -0.1) is 11.3 Å². The number of rotatable bonds is 5. The second-order valence-corrected chi connectivity index (χ2v) is 5.24. The van der Waals surface area contributed by atoms with Crippen molar-refractivity contribution >= 4 is 23.2 Å². The normalized spacial score (nSPS) is 10.2. The molecule has 0 unspecified atom stereocenters. The highest BCUT2D eigenvalue weighted by atomic mass is 32.1. The fourth-order valence-electron chi connectivity index (χ4n) is 1.71. The van der Waals surface area contributed by atoms with Gasteiger partial charge in [0.1, 0.15) is 10.8 Å². The molecule has 2 N–H and O–H groups in total. The van der Waals surface area contributed by atoms with Crippen LogP contribution in [0.1, 0.15) is 31.4 Å². The Bertz CT molecular complexity index is 681. The highest BCUT2D eigenvalue weighted by molar-refractivity contribution is 7.09. The van der Waals surface area contributed by atoms with Crippen molar-refractivity contribution in [3.8, 4) is 5.75 Å². The summed E-state index contributed by atoms with van der Waals surface area (Å²) in [6.45, 7) is 2.08. The third-order valence-electron chi connectivity index (χ3n) is 2.84. The van der Waals surface area contributed by atoms with E-state index in [9.17, 15) is 9.59 Å². The highest BCUT2D eigenvalue weighted by Gasteiger charge is 2.11. The molecule has 2 aromatic rings. The Morgan fingerprint density at radius 1 is 1.43 bits per heavy atom. The first-order chi connectivity index (χ1) is 10.0. The van der Waals surface area contributed by atoms with E-state index in [1.165, 1.54) is 16.7 Å². The van der Waals surface area contributed by atoms with Crippen molar-refractivity contribution in [2.45, 2.75) is 13.5 Å². The molecule has 110 valence electrons. The van der Waals surface area contributed by atoms with E-state index in [1.54, 1.807) is 25.3 Å². The molecule has 1 heterocycles. The SMILES string of the molecule is COc1cc(C(=O)NCc2nc(C(=O)O)cs2)ccc1C. The van der Waals surface area contributed by atoms with Crippen LogP contribution in [0.5, 0.6) is 5.75 Å². The number of amides is 1. The summed E-state index contributed by atoms with van der Waals surface area (Å²) < 4.78 is 5.17. The van der Waals surface area contributed by atoms with Crippen LogP contribution in [0.15, 0.2) is 23.6 Å². The molecule has 0 atom stereocenters. The maximum Gasteiger partial charge on any atom is 0.355 e. The van der Waals surface area contributed by atoms with Crippen LogP contribution in [0, 0.1) is 6.92 Å². The Morgan fingerprint density at radius 2 is 2.19 bits per heavy atom. The Labute approximate surface area is 125 Å². The predicted octanol–water partition coefficient (Wildman–Crippen LogP) is 2.09. The summed E-state index contributed by atoms with van der Waals surface area (Å²) in [6, 6.07) is 5.17. The molecule has 1 aromatic heterocycles. The lowest BCUT2D eigenvalue weighted by Gasteiger charge is -2.07. The molecule has 0 aliphatic carbocycles. The third-order valence-corrected chi connectivity index (χ3v) is 3.69. The zero-order chi connectivity index (χ0) is 15.4. The number of carbonyl (C=O) groups is 2. The van der Waals surface area contributed by atoms with Crippen molar-refractivity contribution in [1.82, 2.24) is 10.3 Å². The van der Waals surface area contributed by atoms with Gasteiger partial charge in [0.2, 0.25) is 0 Å². The second-order valence-electron chi connectivity index (χ2n) is 4.30. The lowest BCUT2D eigenvalue weighted by molar-refractivity contribution is 0.0691. The number of thiazole rings is 1. The Morgan fingerprint density at radius 3 is 2.81 bits per heavy atom. The van der Waals surface area contributed by atoms with Gasteiger partial charge in [0, 0.05) is 10.9 Å². The maximum absolute atomic E-state index is 12.0. The first kappa shape index (κ1) is 15.0. The summed E-state index contributed by atoms with van der Waals surface area (Å²) in [5.74, 6) is -0.697. The Balaban J connectivity index is 2.02. The van der Waals surface area contributed by atoms with Gasteiger partial charge in [0.15, 0.2) is 5.69 Å². The number of methoxy groups -OCH3 is 1. The number of nitrogens with one attached hydrogen (secondary N) is 1. The van der Waals surface area contributed by atoms with Crippen molar-refractivity contribution in [3.63, 3.8) is 0 Å². The van der Waals surface area contributed by atoms with Crippen molar-refractivity contribution < 1.29 is 19.4 Å². The number of aromatic carboxylic acids is 1. The van der Waals surface area contributed by atoms with Crippen LogP contribution in [-0.2, 0) is 6.54 Å². The van der Waals surface area contributed by atoms with Crippen LogP contribution in [0.3, 0.4) is 0 Å². The van der Waals surface area contributed by atoms with Gasteiger partial charge in [0.05, 0.1) is 13.7 Å². The van der Waals surface area contributed by atoms with Crippen LogP contribution in [-0.4, -0.2) is 29.1 Å². The van der Waals surface area contributed by atoms with E-state index in [0.29, 0.717) is 16.3 Å². The summed E-state index contributed by atoms with van der Waals surface area (Å²) in [7, 11) is 1.55. The largest absolute Gasteiger partial charge is 0.496 e. The first-order valence-electron chi connectivity index (χ1n) is 6.12. The predicted molar refractivity (Wildman–Crippen MR) is 78.0 cm³/mol. The number of hydrogen-bond donors (Lipinski definition) is 2. The van der Waals surface area contributed by atoms with Crippen LogP contribution in [0.25, 0.3) is 0 Å². The number of carboxylic acids is 1. The van der Waals surface area contributed by atoms with E-state index in [2.05, 4.69) is 10.3 Å². The lowest BCUT2D eigenvalue weighted by Crippen LogP contribution is -2.22. The molecule has 1 aromatic carbocycles. The van der Waals surface area contributed by atoms with Crippen molar-refractivity contribution in [3.05, 3.63) is 45.4 Å². The molecule has 7 heteroatoms. The molecule has 0 saturated heterocycles. The monoisotopic (exact) mass is 306 g/mol. The summed E-state index contributed by atoms with van der Waals surface area (Å²) in [4.78, 5) is 26.7. The van der Waals surface area contributed by atoms with Gasteiger partial charge in [-0.25, -0.2) is 9.78 Å². The number of benzene rings is 1. The van der Waals surface area contributed by atoms with Crippen LogP contribution < -0.4 is 10.1 Å². The Hall–Kier alpha value is -2.41. The minimum Gasteiger partial charge on any atom is -0.496 e. The Kier molecular flexibility index (Phi) is 4.54. The molecule has 0 aliphatic heterocycles. The molecule has 0 bridgehead atoms. The van der Waals surface area contributed by atoms with Crippen LogP contribution in [0.2, 0.25) is 0 Å². The van der Waals surface area contributed by atoms with Gasteiger partial charge in [0.25, 0.3) is 5.91 Å². The summed E-state index contributed by atoms with van der Waals surface area (Å²) >= 11 is 1.19. The maximum atomic E-state index is 12.0. The number of carboxylic acid groups (broad SMARTS) is 1. The molecular weight excluding hydrogens is 292 g/mol. The van der Waals surface area contributed by atoms with Gasteiger partial charge in [-0.1, -0.05) is 6.07 Å². The van der Waals surface area contributed by atoms with E-state index in [0.717, 1.165) is 5.56 Å². The van der Waals surface area contributed by atoms with E-state index in [1.807, 2.05) is 6.92 Å². The first-order valence-corrected chi connectivity index (χ1v) is 6.99. The quantitative estimate of drug-likeness (QED) is 0.883. The van der Waals surface area contributed by atoms with E-state index >= 15 is 0 Å². The molecular formula is C14H14N2O4S. The number of hydrogen-bond acceptors (Lipinski definition) is 5. The summed E-state index contributed by atoms with van der Waals surface area (Å²) in [6.07, 6.45) is 0. The van der Waals surface area contributed by atoms with Crippen LogP contribution >= 0.6 is 11.3 Å².